The number of para-hydroxylation sites is 1. The molecule has 0 bridgehead atoms. The summed E-state index contributed by atoms with van der Waals surface area (Å²) in [4.78, 5) is 11.5. The molecule has 2 heterocycles. The van der Waals surface area contributed by atoms with E-state index >= 15 is 0 Å². The van der Waals surface area contributed by atoms with Gasteiger partial charge in [0.1, 0.15) is 5.82 Å². The number of nitrogens with one attached hydrogen (secondary N) is 2. The van der Waals surface area contributed by atoms with Crippen molar-refractivity contribution >= 4 is 34.0 Å². The van der Waals surface area contributed by atoms with Gasteiger partial charge in [-0.3, -0.25) is 0 Å². The van der Waals surface area contributed by atoms with E-state index < -0.39 is 0 Å². The molecule has 4 rings (SSSR count). The van der Waals surface area contributed by atoms with Crippen LogP contribution in [0.4, 0.5) is 23.1 Å². The van der Waals surface area contributed by atoms with Crippen LogP contribution in [0.25, 0.3) is 10.9 Å². The second-order valence-corrected chi connectivity index (χ2v) is 7.00. The van der Waals surface area contributed by atoms with Gasteiger partial charge in [-0.15, -0.1) is 0 Å². The van der Waals surface area contributed by atoms with Crippen LogP contribution in [0.1, 0.15) is 12.8 Å². The van der Waals surface area contributed by atoms with Crippen molar-refractivity contribution in [3.8, 4) is 0 Å². The molecule has 0 aliphatic carbocycles. The van der Waals surface area contributed by atoms with E-state index in [9.17, 15) is 0 Å². The van der Waals surface area contributed by atoms with Gasteiger partial charge in [0.05, 0.1) is 11.6 Å². The van der Waals surface area contributed by atoms with Gasteiger partial charge in [-0.1, -0.05) is 12.1 Å². The fraction of sp³-hybridized carbons (Fsp3) is 0.333. The predicted molar refractivity (Wildman–Crippen MR) is 111 cm³/mol. The van der Waals surface area contributed by atoms with Gasteiger partial charge in [0.2, 0.25) is 5.95 Å². The number of fused-ring (bicyclic) bond motifs is 1. The van der Waals surface area contributed by atoms with Crippen LogP contribution in [0.15, 0.2) is 48.5 Å². The smallest absolute Gasteiger partial charge is 0.229 e. The summed E-state index contributed by atoms with van der Waals surface area (Å²) < 4.78 is 5.72. The number of rotatable bonds is 6. The van der Waals surface area contributed by atoms with Gasteiger partial charge in [-0.2, -0.15) is 4.98 Å². The van der Waals surface area contributed by atoms with Crippen LogP contribution in [0, 0.1) is 0 Å². The first-order valence-corrected chi connectivity index (χ1v) is 9.36. The van der Waals surface area contributed by atoms with E-state index in [1.807, 2.05) is 50.5 Å². The van der Waals surface area contributed by atoms with Gasteiger partial charge in [0.25, 0.3) is 0 Å². The van der Waals surface area contributed by atoms with E-state index in [1.54, 1.807) is 0 Å². The van der Waals surface area contributed by atoms with Crippen LogP contribution < -0.4 is 15.5 Å². The third-order valence-electron chi connectivity index (χ3n) is 4.76. The predicted octanol–water partition coefficient (Wildman–Crippen LogP) is 4.03. The lowest BCUT2D eigenvalue weighted by Gasteiger charge is -2.15. The zero-order valence-corrected chi connectivity index (χ0v) is 15.8. The molecular formula is C21H25N5O. The van der Waals surface area contributed by atoms with Crippen molar-refractivity contribution in [3.63, 3.8) is 0 Å². The highest BCUT2D eigenvalue weighted by molar-refractivity contribution is 5.90. The minimum atomic E-state index is 0.258. The monoisotopic (exact) mass is 363 g/mol. The number of ether oxygens (including phenoxy) is 1. The van der Waals surface area contributed by atoms with E-state index in [2.05, 4.69) is 32.7 Å². The Morgan fingerprint density at radius 3 is 2.63 bits per heavy atom. The topological polar surface area (TPSA) is 62.3 Å². The highest BCUT2D eigenvalue weighted by atomic mass is 16.5. The normalized spacial score (nSPS) is 16.4. The lowest BCUT2D eigenvalue weighted by atomic mass is 10.2. The number of hydrogen-bond donors (Lipinski definition) is 2. The maximum atomic E-state index is 5.72. The van der Waals surface area contributed by atoms with Crippen LogP contribution in [0.2, 0.25) is 0 Å². The fourth-order valence-corrected chi connectivity index (χ4v) is 3.26. The lowest BCUT2D eigenvalue weighted by molar-refractivity contribution is 0.120. The molecule has 2 aromatic carbocycles. The zero-order valence-electron chi connectivity index (χ0n) is 15.8. The Kier molecular flexibility index (Phi) is 5.07. The Morgan fingerprint density at radius 1 is 1.07 bits per heavy atom. The van der Waals surface area contributed by atoms with Crippen LogP contribution in [0.3, 0.4) is 0 Å². The largest absolute Gasteiger partial charge is 0.378 e. The summed E-state index contributed by atoms with van der Waals surface area (Å²) in [5.74, 6) is 1.42. The lowest BCUT2D eigenvalue weighted by Crippen LogP contribution is -2.19. The molecule has 3 aromatic rings. The highest BCUT2D eigenvalue weighted by Gasteiger charge is 2.16. The molecule has 6 nitrogen and oxygen atoms in total. The Hall–Kier alpha value is -2.86. The number of benzene rings is 2. The molecule has 1 saturated heterocycles. The third-order valence-corrected chi connectivity index (χ3v) is 4.76. The van der Waals surface area contributed by atoms with E-state index in [1.165, 1.54) is 0 Å². The van der Waals surface area contributed by atoms with Crippen LogP contribution in [-0.4, -0.2) is 43.3 Å². The molecular weight excluding hydrogens is 338 g/mol. The maximum absolute atomic E-state index is 5.72. The van der Waals surface area contributed by atoms with Gasteiger partial charge < -0.3 is 20.3 Å². The van der Waals surface area contributed by atoms with Gasteiger partial charge in [-0.25, -0.2) is 4.98 Å². The molecule has 6 heteroatoms. The first kappa shape index (κ1) is 17.5. The Bertz CT molecular complexity index is 904. The summed E-state index contributed by atoms with van der Waals surface area (Å²) in [6.07, 6.45) is 2.49. The van der Waals surface area contributed by atoms with Crippen LogP contribution in [-0.2, 0) is 4.74 Å². The molecule has 1 atom stereocenters. The van der Waals surface area contributed by atoms with Crippen molar-refractivity contribution in [2.75, 3.05) is 42.8 Å². The first-order chi connectivity index (χ1) is 13.2. The molecule has 1 aliphatic rings. The van der Waals surface area contributed by atoms with Crippen molar-refractivity contribution in [3.05, 3.63) is 48.5 Å². The third kappa shape index (κ3) is 4.11. The SMILES string of the molecule is CN(C)c1ccc(Nc2nc(NC[C@H]3CCCO3)c3ccccc3n2)cc1. The molecule has 0 amide bonds. The summed E-state index contributed by atoms with van der Waals surface area (Å²) in [5, 5.41) is 7.79. The molecule has 1 aromatic heterocycles. The van der Waals surface area contributed by atoms with Gasteiger partial charge in [-0.05, 0) is 49.2 Å². The molecule has 1 fully saturated rings. The fourth-order valence-electron chi connectivity index (χ4n) is 3.26. The van der Waals surface area contributed by atoms with E-state index in [0.717, 1.165) is 54.1 Å². The average Bonchev–Trinajstić information content (AvgIpc) is 3.20. The summed E-state index contributed by atoms with van der Waals surface area (Å²) in [6.45, 7) is 1.62. The molecule has 0 spiro atoms. The summed E-state index contributed by atoms with van der Waals surface area (Å²) in [6, 6.07) is 16.3. The summed E-state index contributed by atoms with van der Waals surface area (Å²) in [7, 11) is 4.06. The number of nitrogens with zero attached hydrogens (tertiary/aromatic N) is 3. The standard InChI is InChI=1S/C21H25N5O/c1-26(2)16-11-9-15(10-12-16)23-21-24-19-8-4-3-7-18(19)20(25-21)22-14-17-6-5-13-27-17/h3-4,7-12,17H,5-6,13-14H2,1-2H3,(H2,22,23,24,25)/t17-/m1/s1. The Morgan fingerprint density at radius 2 is 1.89 bits per heavy atom. The summed E-state index contributed by atoms with van der Waals surface area (Å²) >= 11 is 0. The molecule has 140 valence electrons. The van der Waals surface area contributed by atoms with Crippen molar-refractivity contribution in [1.82, 2.24) is 9.97 Å². The van der Waals surface area contributed by atoms with Crippen molar-refractivity contribution in [1.29, 1.82) is 0 Å². The highest BCUT2D eigenvalue weighted by Crippen LogP contribution is 2.25. The molecule has 27 heavy (non-hydrogen) atoms. The second kappa shape index (κ2) is 7.80. The molecule has 1 aliphatic heterocycles. The minimum Gasteiger partial charge on any atom is -0.378 e. The average molecular weight is 363 g/mol. The maximum Gasteiger partial charge on any atom is 0.229 e. The first-order valence-electron chi connectivity index (χ1n) is 9.36. The van der Waals surface area contributed by atoms with E-state index in [0.29, 0.717) is 5.95 Å². The van der Waals surface area contributed by atoms with Gasteiger partial charge >= 0.3 is 0 Å². The van der Waals surface area contributed by atoms with Crippen LogP contribution >= 0.6 is 0 Å². The number of hydrogen-bond acceptors (Lipinski definition) is 6. The van der Waals surface area contributed by atoms with Crippen molar-refractivity contribution in [2.24, 2.45) is 0 Å². The minimum absolute atomic E-state index is 0.258. The van der Waals surface area contributed by atoms with E-state index in [-0.39, 0.29) is 6.10 Å². The van der Waals surface area contributed by atoms with Crippen molar-refractivity contribution in [2.45, 2.75) is 18.9 Å². The zero-order chi connectivity index (χ0) is 18.6. The number of anilines is 4. The molecule has 0 radical (unpaired) electrons. The molecule has 2 N–H and O–H groups in total. The van der Waals surface area contributed by atoms with Crippen LogP contribution in [0.5, 0.6) is 0 Å². The molecule has 0 unspecified atom stereocenters. The summed E-state index contributed by atoms with van der Waals surface area (Å²) in [5.41, 5.74) is 3.02. The van der Waals surface area contributed by atoms with E-state index in [4.69, 9.17) is 9.72 Å². The Balaban J connectivity index is 1.58. The molecule has 0 saturated carbocycles. The number of aromatic nitrogens is 2. The van der Waals surface area contributed by atoms with Gasteiger partial charge in [0, 0.05) is 44.0 Å². The second-order valence-electron chi connectivity index (χ2n) is 7.00. The van der Waals surface area contributed by atoms with Gasteiger partial charge in [0.15, 0.2) is 0 Å². The van der Waals surface area contributed by atoms with Crippen molar-refractivity contribution < 1.29 is 4.74 Å². The quantitative estimate of drug-likeness (QED) is 0.689. The Labute approximate surface area is 159 Å².